The average Bonchev–Trinajstić information content (AvgIpc) is 3.34. The average molecular weight is 594 g/mol. The minimum atomic E-state index is -3.61. The second-order valence-corrected chi connectivity index (χ2v) is 11.9. The number of halogens is 1. The number of sulfonamides is 1. The summed E-state index contributed by atoms with van der Waals surface area (Å²) in [4.78, 5) is 17.7. The van der Waals surface area contributed by atoms with E-state index in [4.69, 9.17) is 21.1 Å². The zero-order valence-electron chi connectivity index (χ0n) is 21.5. The number of hydrogen-bond acceptors (Lipinski definition) is 7. The summed E-state index contributed by atoms with van der Waals surface area (Å²) in [5.74, 6) is 0.565. The van der Waals surface area contributed by atoms with Crippen LogP contribution in [0.3, 0.4) is 0 Å². The van der Waals surface area contributed by atoms with Gasteiger partial charge in [-0.15, -0.1) is 0 Å². The molecule has 0 atom stereocenters. The molecule has 5 aromatic rings. The summed E-state index contributed by atoms with van der Waals surface area (Å²) < 4.78 is 39.3. The van der Waals surface area contributed by atoms with Crippen LogP contribution in [0.25, 0.3) is 21.3 Å². The third-order valence-electron chi connectivity index (χ3n) is 6.02. The summed E-state index contributed by atoms with van der Waals surface area (Å²) in [6.07, 6.45) is 0. The molecule has 0 fully saturated rings. The number of methoxy groups -OCH3 is 2. The minimum Gasteiger partial charge on any atom is -0.493 e. The third-order valence-corrected chi connectivity index (χ3v) is 8.62. The number of nitrogens with zero attached hydrogens (tertiary/aromatic N) is 1. The molecule has 0 bridgehead atoms. The highest BCUT2D eigenvalue weighted by atomic mass is 35.5. The normalized spacial score (nSPS) is 11.3. The van der Waals surface area contributed by atoms with Crippen LogP contribution >= 0.6 is 22.9 Å². The Morgan fingerprint density at radius 1 is 0.925 bits per heavy atom. The van der Waals surface area contributed by atoms with Crippen molar-refractivity contribution in [1.82, 2.24) is 4.98 Å². The van der Waals surface area contributed by atoms with Gasteiger partial charge in [0, 0.05) is 5.56 Å². The van der Waals surface area contributed by atoms with Crippen molar-refractivity contribution in [3.05, 3.63) is 101 Å². The van der Waals surface area contributed by atoms with Crippen molar-refractivity contribution in [2.24, 2.45) is 0 Å². The van der Waals surface area contributed by atoms with E-state index in [1.165, 1.54) is 11.3 Å². The number of thiazole rings is 1. The predicted molar refractivity (Wildman–Crippen MR) is 160 cm³/mol. The van der Waals surface area contributed by atoms with Crippen molar-refractivity contribution in [2.45, 2.75) is 5.75 Å². The second kappa shape index (κ2) is 11.5. The first-order chi connectivity index (χ1) is 19.3. The molecule has 0 aliphatic heterocycles. The van der Waals surface area contributed by atoms with Gasteiger partial charge in [0.25, 0.3) is 5.91 Å². The van der Waals surface area contributed by atoms with Crippen LogP contribution in [-0.2, 0) is 15.8 Å². The molecule has 0 saturated heterocycles. The third kappa shape index (κ3) is 6.04. The lowest BCUT2D eigenvalue weighted by Crippen LogP contribution is -2.14. The van der Waals surface area contributed by atoms with Crippen molar-refractivity contribution < 1.29 is 22.7 Å². The van der Waals surface area contributed by atoms with E-state index in [1.54, 1.807) is 80.9 Å². The SMILES string of the molecule is COc1ccc(-c2cccc(C(=O)Nc3nc4ccc(NS(=O)(=O)Cc5ccccc5)cc4s3)c2Cl)cc1OC. The highest BCUT2D eigenvalue weighted by Gasteiger charge is 2.18. The molecule has 11 heteroatoms. The number of fused-ring (bicyclic) bond motifs is 1. The van der Waals surface area contributed by atoms with Crippen LogP contribution in [0.4, 0.5) is 10.8 Å². The van der Waals surface area contributed by atoms with Crippen LogP contribution in [0.5, 0.6) is 11.5 Å². The van der Waals surface area contributed by atoms with E-state index in [0.717, 1.165) is 5.56 Å². The van der Waals surface area contributed by atoms with Gasteiger partial charge in [0.1, 0.15) is 0 Å². The Bertz CT molecular complexity index is 1810. The number of anilines is 2. The van der Waals surface area contributed by atoms with Gasteiger partial charge in [-0.1, -0.05) is 71.5 Å². The van der Waals surface area contributed by atoms with Gasteiger partial charge in [-0.05, 0) is 47.5 Å². The Balaban J connectivity index is 1.34. The lowest BCUT2D eigenvalue weighted by Gasteiger charge is -2.12. The molecule has 0 aliphatic rings. The Kier molecular flexibility index (Phi) is 7.92. The number of rotatable bonds is 9. The zero-order valence-corrected chi connectivity index (χ0v) is 23.9. The molecule has 0 aliphatic carbocycles. The lowest BCUT2D eigenvalue weighted by atomic mass is 10.0. The summed E-state index contributed by atoms with van der Waals surface area (Å²) >= 11 is 7.91. The Morgan fingerprint density at radius 3 is 2.45 bits per heavy atom. The van der Waals surface area contributed by atoms with Crippen LogP contribution in [0.1, 0.15) is 15.9 Å². The van der Waals surface area contributed by atoms with Gasteiger partial charge >= 0.3 is 0 Å². The summed E-state index contributed by atoms with van der Waals surface area (Å²) in [6, 6.07) is 24.6. The van der Waals surface area contributed by atoms with Gasteiger partial charge in [-0.3, -0.25) is 14.8 Å². The fraction of sp³-hybridized carbons (Fsp3) is 0.103. The van der Waals surface area contributed by atoms with Crippen molar-refractivity contribution in [2.75, 3.05) is 24.3 Å². The maximum Gasteiger partial charge on any atom is 0.258 e. The quantitative estimate of drug-likeness (QED) is 0.194. The van der Waals surface area contributed by atoms with Gasteiger partial charge in [0.05, 0.1) is 46.5 Å². The molecule has 0 saturated carbocycles. The number of amides is 1. The van der Waals surface area contributed by atoms with E-state index in [9.17, 15) is 13.2 Å². The zero-order chi connectivity index (χ0) is 28.3. The van der Waals surface area contributed by atoms with Gasteiger partial charge < -0.3 is 9.47 Å². The van der Waals surface area contributed by atoms with Crippen LogP contribution in [-0.4, -0.2) is 33.5 Å². The topological polar surface area (TPSA) is 107 Å². The maximum atomic E-state index is 13.2. The lowest BCUT2D eigenvalue weighted by molar-refractivity contribution is 0.102. The summed E-state index contributed by atoms with van der Waals surface area (Å²) in [6.45, 7) is 0. The number of hydrogen-bond donors (Lipinski definition) is 2. The second-order valence-electron chi connectivity index (χ2n) is 8.74. The van der Waals surface area contributed by atoms with Crippen molar-refractivity contribution >= 4 is 59.9 Å². The molecule has 1 heterocycles. The first-order valence-electron chi connectivity index (χ1n) is 12.0. The van der Waals surface area contributed by atoms with E-state index in [2.05, 4.69) is 15.0 Å². The van der Waals surface area contributed by atoms with Crippen LogP contribution in [0.2, 0.25) is 5.02 Å². The van der Waals surface area contributed by atoms with Gasteiger partial charge in [-0.25, -0.2) is 13.4 Å². The van der Waals surface area contributed by atoms with Crippen molar-refractivity contribution in [3.63, 3.8) is 0 Å². The smallest absolute Gasteiger partial charge is 0.258 e. The fourth-order valence-electron chi connectivity index (χ4n) is 4.15. The predicted octanol–water partition coefficient (Wildman–Crippen LogP) is 6.83. The van der Waals surface area contributed by atoms with Crippen LogP contribution < -0.4 is 19.5 Å². The van der Waals surface area contributed by atoms with Crippen LogP contribution in [0.15, 0.2) is 84.9 Å². The monoisotopic (exact) mass is 593 g/mol. The van der Waals surface area contributed by atoms with Crippen molar-refractivity contribution in [1.29, 1.82) is 0 Å². The highest BCUT2D eigenvalue weighted by Crippen LogP contribution is 2.37. The first kappa shape index (κ1) is 27.4. The largest absolute Gasteiger partial charge is 0.493 e. The number of benzene rings is 4. The number of aromatic nitrogens is 1. The van der Waals surface area contributed by atoms with Gasteiger partial charge in [-0.2, -0.15) is 0 Å². The van der Waals surface area contributed by atoms with E-state index < -0.39 is 15.9 Å². The molecule has 1 amide bonds. The summed E-state index contributed by atoms with van der Waals surface area (Å²) in [7, 11) is -0.502. The molecule has 0 spiro atoms. The fourth-order valence-corrected chi connectivity index (χ4v) is 6.56. The number of ether oxygens (including phenoxy) is 2. The molecule has 4 aromatic carbocycles. The molecular weight excluding hydrogens is 570 g/mol. The Hall–Kier alpha value is -4.12. The molecular formula is C29H24ClN3O5S2. The summed E-state index contributed by atoms with van der Waals surface area (Å²) in [5.41, 5.74) is 3.42. The van der Waals surface area contributed by atoms with E-state index in [-0.39, 0.29) is 16.3 Å². The number of nitrogens with one attached hydrogen (secondary N) is 2. The van der Waals surface area contributed by atoms with E-state index >= 15 is 0 Å². The van der Waals surface area contributed by atoms with Gasteiger partial charge in [0.15, 0.2) is 16.6 Å². The summed E-state index contributed by atoms with van der Waals surface area (Å²) in [5, 5.41) is 3.45. The standard InChI is InChI=1S/C29H24ClN3O5S2/c1-37-24-14-11-19(15-25(24)38-2)21-9-6-10-22(27(21)30)28(34)32-29-31-23-13-12-20(16-26(23)39-29)33-40(35,36)17-18-7-4-3-5-8-18/h3-16,33H,17H2,1-2H3,(H,31,32,34). The maximum absolute atomic E-state index is 13.2. The minimum absolute atomic E-state index is 0.140. The number of carbonyl (C=O) groups excluding carboxylic acids is 1. The van der Waals surface area contributed by atoms with Gasteiger partial charge in [0.2, 0.25) is 10.0 Å². The molecule has 5 rings (SSSR count). The molecule has 8 nitrogen and oxygen atoms in total. The van der Waals surface area contributed by atoms with Crippen molar-refractivity contribution in [3.8, 4) is 22.6 Å². The molecule has 0 unspecified atom stereocenters. The molecule has 204 valence electrons. The molecule has 1 aromatic heterocycles. The Labute approximate surface area is 240 Å². The number of carbonyl (C=O) groups is 1. The highest BCUT2D eigenvalue weighted by molar-refractivity contribution is 7.91. The molecule has 0 radical (unpaired) electrons. The Morgan fingerprint density at radius 2 is 1.70 bits per heavy atom. The van der Waals surface area contributed by atoms with E-state index in [1.807, 2.05) is 18.2 Å². The molecule has 40 heavy (non-hydrogen) atoms. The first-order valence-corrected chi connectivity index (χ1v) is 14.9. The van der Waals surface area contributed by atoms with E-state index in [0.29, 0.717) is 43.7 Å². The van der Waals surface area contributed by atoms with Crippen LogP contribution in [0, 0.1) is 0 Å². The molecule has 2 N–H and O–H groups in total.